The highest BCUT2D eigenvalue weighted by molar-refractivity contribution is 9.10. The fourth-order valence-corrected chi connectivity index (χ4v) is 2.39. The third-order valence-electron chi connectivity index (χ3n) is 3.10. The van der Waals surface area contributed by atoms with Crippen molar-refractivity contribution in [2.45, 2.75) is 19.4 Å². The molecule has 1 unspecified atom stereocenters. The maximum atomic E-state index is 14.2. The first-order valence-electron chi connectivity index (χ1n) is 6.04. The van der Waals surface area contributed by atoms with Gasteiger partial charge in [-0.25, -0.2) is 4.39 Å². The van der Waals surface area contributed by atoms with E-state index in [1.165, 1.54) is 0 Å². The van der Waals surface area contributed by atoms with E-state index < -0.39 is 5.82 Å². The highest BCUT2D eigenvalue weighted by atomic mass is 79.9. The largest absolute Gasteiger partial charge is 0.324 e. The van der Waals surface area contributed by atoms with Crippen LogP contribution in [0.3, 0.4) is 0 Å². The van der Waals surface area contributed by atoms with E-state index in [2.05, 4.69) is 15.9 Å². The summed E-state index contributed by atoms with van der Waals surface area (Å²) < 4.78 is 14.7. The van der Waals surface area contributed by atoms with Crippen molar-refractivity contribution in [2.24, 2.45) is 5.73 Å². The van der Waals surface area contributed by atoms with Gasteiger partial charge in [-0.15, -0.1) is 0 Å². The number of rotatable bonds is 3. The van der Waals surface area contributed by atoms with Crippen molar-refractivity contribution in [3.63, 3.8) is 0 Å². The maximum absolute atomic E-state index is 14.2. The summed E-state index contributed by atoms with van der Waals surface area (Å²) in [7, 11) is 0. The van der Waals surface area contributed by atoms with Crippen LogP contribution in [-0.2, 0) is 0 Å². The van der Waals surface area contributed by atoms with Crippen molar-refractivity contribution in [1.82, 2.24) is 0 Å². The van der Waals surface area contributed by atoms with Gasteiger partial charge in [0, 0.05) is 16.1 Å². The molecule has 0 aliphatic carbocycles. The molecule has 100 valence electrons. The molecule has 0 fully saturated rings. The summed E-state index contributed by atoms with van der Waals surface area (Å²) in [5.74, 6) is -0.418. The second kappa shape index (κ2) is 6.04. The van der Waals surface area contributed by atoms with Crippen LogP contribution in [0.5, 0.6) is 0 Å². The normalized spacial score (nSPS) is 12.5. The maximum Gasteiger partial charge on any atom is 0.150 e. The zero-order valence-electron chi connectivity index (χ0n) is 10.5. The van der Waals surface area contributed by atoms with Gasteiger partial charge in [-0.2, -0.15) is 0 Å². The molecule has 0 bridgehead atoms. The van der Waals surface area contributed by atoms with Gasteiger partial charge in [0.05, 0.1) is 5.02 Å². The predicted octanol–water partition coefficient (Wildman–Crippen LogP) is 5.32. The van der Waals surface area contributed by atoms with Crippen LogP contribution in [0.25, 0.3) is 11.1 Å². The van der Waals surface area contributed by atoms with Gasteiger partial charge in [0.2, 0.25) is 0 Å². The third kappa shape index (κ3) is 2.99. The van der Waals surface area contributed by atoms with Crippen LogP contribution >= 0.6 is 27.5 Å². The molecule has 2 N–H and O–H groups in total. The number of benzene rings is 2. The van der Waals surface area contributed by atoms with E-state index in [0.29, 0.717) is 10.0 Å². The average Bonchev–Trinajstić information content (AvgIpc) is 2.44. The van der Waals surface area contributed by atoms with Crippen molar-refractivity contribution in [2.75, 3.05) is 0 Å². The van der Waals surface area contributed by atoms with Crippen molar-refractivity contribution in [3.05, 3.63) is 57.3 Å². The van der Waals surface area contributed by atoms with E-state index in [-0.39, 0.29) is 11.1 Å². The van der Waals surface area contributed by atoms with Gasteiger partial charge < -0.3 is 5.73 Å². The molecule has 0 amide bonds. The first-order chi connectivity index (χ1) is 9.04. The smallest absolute Gasteiger partial charge is 0.150 e. The molecule has 0 heterocycles. The Kier molecular flexibility index (Phi) is 4.61. The Morgan fingerprint density at radius 2 is 2.05 bits per heavy atom. The molecule has 0 aliphatic heterocycles. The van der Waals surface area contributed by atoms with Crippen molar-refractivity contribution >= 4 is 27.5 Å². The fraction of sp³-hybridized carbons (Fsp3) is 0.200. The average molecular weight is 343 g/mol. The van der Waals surface area contributed by atoms with Crippen LogP contribution in [-0.4, -0.2) is 0 Å². The molecular formula is C15H14BrClFN. The molecule has 0 aromatic heterocycles. The van der Waals surface area contributed by atoms with Gasteiger partial charge >= 0.3 is 0 Å². The monoisotopic (exact) mass is 341 g/mol. The van der Waals surface area contributed by atoms with E-state index in [1.54, 1.807) is 12.1 Å². The van der Waals surface area contributed by atoms with Crippen LogP contribution < -0.4 is 5.73 Å². The fourth-order valence-electron chi connectivity index (χ4n) is 1.92. The molecule has 4 heteroatoms. The van der Waals surface area contributed by atoms with Crippen LogP contribution in [0, 0.1) is 5.82 Å². The molecule has 0 spiro atoms. The molecule has 2 aromatic rings. The minimum absolute atomic E-state index is 0.0334. The van der Waals surface area contributed by atoms with Crippen LogP contribution in [0.4, 0.5) is 4.39 Å². The third-order valence-corrected chi connectivity index (χ3v) is 4.36. The lowest BCUT2D eigenvalue weighted by Gasteiger charge is -2.12. The predicted molar refractivity (Wildman–Crippen MR) is 81.8 cm³/mol. The van der Waals surface area contributed by atoms with E-state index in [1.807, 2.05) is 31.2 Å². The van der Waals surface area contributed by atoms with Gasteiger partial charge in [0.1, 0.15) is 0 Å². The summed E-state index contributed by atoms with van der Waals surface area (Å²) in [6, 6.07) is 11.0. The minimum Gasteiger partial charge on any atom is -0.324 e. The molecule has 0 aliphatic rings. The summed E-state index contributed by atoms with van der Waals surface area (Å²) in [5.41, 5.74) is 8.27. The van der Waals surface area contributed by atoms with E-state index in [9.17, 15) is 4.39 Å². The number of hydrogen-bond acceptors (Lipinski definition) is 1. The van der Waals surface area contributed by atoms with Gasteiger partial charge in [-0.3, -0.25) is 0 Å². The molecule has 19 heavy (non-hydrogen) atoms. The van der Waals surface area contributed by atoms with Gasteiger partial charge in [0.15, 0.2) is 5.82 Å². The molecule has 2 aromatic carbocycles. The molecule has 0 saturated heterocycles. The second-order valence-electron chi connectivity index (χ2n) is 4.36. The molecular weight excluding hydrogens is 329 g/mol. The molecule has 1 nitrogen and oxygen atoms in total. The van der Waals surface area contributed by atoms with Crippen molar-refractivity contribution in [3.8, 4) is 11.1 Å². The van der Waals surface area contributed by atoms with Crippen LogP contribution in [0.15, 0.2) is 40.9 Å². The second-order valence-corrected chi connectivity index (χ2v) is 5.60. The Morgan fingerprint density at radius 1 is 1.32 bits per heavy atom. The highest BCUT2D eigenvalue weighted by Gasteiger charge is 2.13. The van der Waals surface area contributed by atoms with Gasteiger partial charge in [-0.05, 0) is 45.6 Å². The summed E-state index contributed by atoms with van der Waals surface area (Å²) in [6.07, 6.45) is 0.840. The molecule has 0 radical (unpaired) electrons. The lowest BCUT2D eigenvalue weighted by atomic mass is 9.98. The lowest BCUT2D eigenvalue weighted by Crippen LogP contribution is -2.08. The summed E-state index contributed by atoms with van der Waals surface area (Å²) in [4.78, 5) is 0. The topological polar surface area (TPSA) is 26.0 Å². The van der Waals surface area contributed by atoms with Crippen molar-refractivity contribution in [1.29, 1.82) is 0 Å². The number of hydrogen-bond donors (Lipinski definition) is 1. The Morgan fingerprint density at radius 3 is 2.74 bits per heavy atom. The Bertz CT molecular complexity index is 601. The SMILES string of the molecule is CCC(N)c1cccc(-c2ccc(Br)c(Cl)c2F)c1. The molecule has 0 saturated carbocycles. The molecule has 1 atom stereocenters. The van der Waals surface area contributed by atoms with E-state index in [0.717, 1.165) is 17.5 Å². The number of halogens is 3. The Hall–Kier alpha value is -0.900. The number of nitrogens with two attached hydrogens (primary N) is 1. The first-order valence-corrected chi connectivity index (χ1v) is 7.21. The first kappa shape index (κ1) is 14.5. The van der Waals surface area contributed by atoms with E-state index in [4.69, 9.17) is 17.3 Å². The zero-order valence-corrected chi connectivity index (χ0v) is 12.8. The van der Waals surface area contributed by atoms with Gasteiger partial charge in [0.25, 0.3) is 0 Å². The van der Waals surface area contributed by atoms with Gasteiger partial charge in [-0.1, -0.05) is 42.8 Å². The van der Waals surface area contributed by atoms with Crippen LogP contribution in [0.1, 0.15) is 24.9 Å². The standard InChI is InChI=1S/C15H14BrClFN/c1-2-13(19)10-5-3-4-9(8-10)11-6-7-12(16)14(17)15(11)18/h3-8,13H,2,19H2,1H3. The zero-order chi connectivity index (χ0) is 14.0. The minimum atomic E-state index is -0.418. The Labute approximate surface area is 125 Å². The van der Waals surface area contributed by atoms with Crippen LogP contribution in [0.2, 0.25) is 5.02 Å². The quantitative estimate of drug-likeness (QED) is 0.751. The summed E-state index contributed by atoms with van der Waals surface area (Å²) in [6.45, 7) is 2.02. The lowest BCUT2D eigenvalue weighted by molar-refractivity contribution is 0.630. The summed E-state index contributed by atoms with van der Waals surface area (Å²) in [5, 5.41) is 0.0997. The Balaban J connectivity index is 2.51. The van der Waals surface area contributed by atoms with Crippen molar-refractivity contribution < 1.29 is 4.39 Å². The summed E-state index contributed by atoms with van der Waals surface area (Å²) >= 11 is 9.13. The highest BCUT2D eigenvalue weighted by Crippen LogP contribution is 2.33. The molecule has 2 rings (SSSR count). The van der Waals surface area contributed by atoms with E-state index >= 15 is 0 Å².